The number of hydrogen-bond acceptors (Lipinski definition) is 6. The van der Waals surface area contributed by atoms with Crippen LogP contribution < -0.4 is 0 Å². The Balaban J connectivity index is 4.20. The van der Waals surface area contributed by atoms with Crippen molar-refractivity contribution in [3.63, 3.8) is 0 Å². The summed E-state index contributed by atoms with van der Waals surface area (Å²) in [7, 11) is 0. The SMILES string of the molecule is CCCCCCCCCCCC(=O)OC[C@H](COC(=O)CCCCCCCCCCC(C)CC)OC(=O)CCCCCCCCCCCCCCCCCCCCC(C)C. The molecule has 0 bridgehead atoms. The standard InChI is InChI=1S/C54H104O6/c1-6-8-9-10-11-22-29-34-39-44-52(55)58-47-51(48-59-53(56)45-40-35-30-26-25-28-33-38-43-50(5)7-2)60-54(57)46-41-36-31-24-21-19-17-15-13-12-14-16-18-20-23-27-32-37-42-49(3)4/h49-51H,6-48H2,1-5H3/t50?,51-/m1/s1. The van der Waals surface area contributed by atoms with E-state index in [1.165, 1.54) is 186 Å². The van der Waals surface area contributed by atoms with Crippen molar-refractivity contribution in [3.05, 3.63) is 0 Å². The van der Waals surface area contributed by atoms with E-state index < -0.39 is 6.10 Å². The normalized spacial score (nSPS) is 12.5. The van der Waals surface area contributed by atoms with Crippen molar-refractivity contribution in [3.8, 4) is 0 Å². The van der Waals surface area contributed by atoms with E-state index in [-0.39, 0.29) is 31.1 Å². The van der Waals surface area contributed by atoms with Crippen molar-refractivity contribution < 1.29 is 28.6 Å². The predicted molar refractivity (Wildman–Crippen MR) is 256 cm³/mol. The van der Waals surface area contributed by atoms with Gasteiger partial charge in [-0.2, -0.15) is 0 Å². The third kappa shape index (κ3) is 45.9. The molecule has 0 rings (SSSR count). The number of unbranched alkanes of at least 4 members (excludes halogenated alkanes) is 32. The Labute approximate surface area is 374 Å². The maximum Gasteiger partial charge on any atom is 0.306 e. The van der Waals surface area contributed by atoms with E-state index in [0.29, 0.717) is 19.3 Å². The predicted octanol–water partition coefficient (Wildman–Crippen LogP) is 17.3. The van der Waals surface area contributed by atoms with Gasteiger partial charge in [0.15, 0.2) is 6.10 Å². The van der Waals surface area contributed by atoms with Gasteiger partial charge in [0, 0.05) is 19.3 Å². The molecule has 0 spiro atoms. The molecular formula is C54H104O6. The number of carbonyl (C=O) groups excluding carboxylic acids is 3. The maximum absolute atomic E-state index is 12.8. The van der Waals surface area contributed by atoms with Crippen LogP contribution in [-0.4, -0.2) is 37.2 Å². The lowest BCUT2D eigenvalue weighted by Gasteiger charge is -2.18. The van der Waals surface area contributed by atoms with Crippen LogP contribution in [0.3, 0.4) is 0 Å². The molecule has 0 saturated heterocycles. The Morgan fingerprint density at radius 2 is 0.633 bits per heavy atom. The Hall–Kier alpha value is -1.59. The summed E-state index contributed by atoms with van der Waals surface area (Å²) in [5.74, 6) is 0.856. The summed E-state index contributed by atoms with van der Waals surface area (Å²) in [6.45, 7) is 11.4. The van der Waals surface area contributed by atoms with Crippen LogP contribution in [0.25, 0.3) is 0 Å². The fourth-order valence-corrected chi connectivity index (χ4v) is 8.13. The quantitative estimate of drug-likeness (QED) is 0.0345. The molecular weight excluding hydrogens is 745 g/mol. The molecule has 0 heterocycles. The average molecular weight is 849 g/mol. The summed E-state index contributed by atoms with van der Waals surface area (Å²) in [6, 6.07) is 0. The zero-order chi connectivity index (χ0) is 44.0. The molecule has 6 heteroatoms. The first-order chi connectivity index (χ1) is 29.3. The molecule has 0 radical (unpaired) electrons. The fraction of sp³-hybridized carbons (Fsp3) is 0.944. The first-order valence-corrected chi connectivity index (χ1v) is 26.8. The molecule has 0 aromatic rings. The van der Waals surface area contributed by atoms with E-state index in [1.54, 1.807) is 0 Å². The molecule has 0 aromatic heterocycles. The van der Waals surface area contributed by atoms with Gasteiger partial charge in [0.1, 0.15) is 13.2 Å². The van der Waals surface area contributed by atoms with Gasteiger partial charge in [-0.25, -0.2) is 0 Å². The zero-order valence-electron chi connectivity index (χ0n) is 41.1. The largest absolute Gasteiger partial charge is 0.462 e. The van der Waals surface area contributed by atoms with Crippen LogP contribution >= 0.6 is 0 Å². The second-order valence-corrected chi connectivity index (χ2v) is 19.2. The summed E-state index contributed by atoms with van der Waals surface area (Å²) in [5, 5.41) is 0. The van der Waals surface area contributed by atoms with Gasteiger partial charge in [-0.3, -0.25) is 14.4 Å². The van der Waals surface area contributed by atoms with Crippen LogP contribution in [0.5, 0.6) is 0 Å². The highest BCUT2D eigenvalue weighted by molar-refractivity contribution is 5.71. The molecule has 2 atom stereocenters. The fourth-order valence-electron chi connectivity index (χ4n) is 8.13. The maximum atomic E-state index is 12.8. The van der Waals surface area contributed by atoms with E-state index in [4.69, 9.17) is 14.2 Å². The molecule has 356 valence electrons. The van der Waals surface area contributed by atoms with Crippen molar-refractivity contribution in [1.82, 2.24) is 0 Å². The summed E-state index contributed by atoms with van der Waals surface area (Å²) >= 11 is 0. The van der Waals surface area contributed by atoms with Crippen LogP contribution in [0.1, 0.15) is 298 Å². The van der Waals surface area contributed by atoms with Crippen LogP contribution in [0.15, 0.2) is 0 Å². The lowest BCUT2D eigenvalue weighted by atomic mass is 9.99. The van der Waals surface area contributed by atoms with Crippen molar-refractivity contribution >= 4 is 17.9 Å². The lowest BCUT2D eigenvalue weighted by Crippen LogP contribution is -2.30. The third-order valence-electron chi connectivity index (χ3n) is 12.6. The summed E-state index contributed by atoms with van der Waals surface area (Å²) in [4.78, 5) is 37.9. The number of carbonyl (C=O) groups is 3. The zero-order valence-corrected chi connectivity index (χ0v) is 41.1. The van der Waals surface area contributed by atoms with Crippen molar-refractivity contribution in [1.29, 1.82) is 0 Å². The van der Waals surface area contributed by atoms with Gasteiger partial charge in [0.2, 0.25) is 0 Å². The number of ether oxygens (including phenoxy) is 3. The minimum Gasteiger partial charge on any atom is -0.462 e. The first-order valence-electron chi connectivity index (χ1n) is 26.8. The van der Waals surface area contributed by atoms with Gasteiger partial charge < -0.3 is 14.2 Å². The van der Waals surface area contributed by atoms with Gasteiger partial charge in [0.05, 0.1) is 0 Å². The van der Waals surface area contributed by atoms with Crippen molar-refractivity contribution in [2.75, 3.05) is 13.2 Å². The molecule has 60 heavy (non-hydrogen) atoms. The van der Waals surface area contributed by atoms with Crippen LogP contribution in [0.4, 0.5) is 0 Å². The van der Waals surface area contributed by atoms with Gasteiger partial charge in [-0.15, -0.1) is 0 Å². The Kier molecular flexibility index (Phi) is 45.7. The smallest absolute Gasteiger partial charge is 0.306 e. The number of esters is 3. The highest BCUT2D eigenvalue weighted by atomic mass is 16.6. The molecule has 0 saturated carbocycles. The molecule has 0 aliphatic rings. The van der Waals surface area contributed by atoms with E-state index in [9.17, 15) is 14.4 Å². The molecule has 1 unspecified atom stereocenters. The molecule has 0 N–H and O–H groups in total. The number of rotatable bonds is 48. The highest BCUT2D eigenvalue weighted by Crippen LogP contribution is 2.18. The van der Waals surface area contributed by atoms with E-state index in [1.807, 2.05) is 0 Å². The Morgan fingerprint density at radius 1 is 0.350 bits per heavy atom. The van der Waals surface area contributed by atoms with Gasteiger partial charge >= 0.3 is 17.9 Å². The van der Waals surface area contributed by atoms with Crippen molar-refractivity contribution in [2.24, 2.45) is 11.8 Å². The van der Waals surface area contributed by atoms with E-state index in [2.05, 4.69) is 34.6 Å². The molecule has 0 fully saturated rings. The topological polar surface area (TPSA) is 78.9 Å². The first kappa shape index (κ1) is 58.4. The molecule has 0 aliphatic heterocycles. The van der Waals surface area contributed by atoms with Crippen LogP contribution in [-0.2, 0) is 28.6 Å². The Morgan fingerprint density at radius 3 is 0.950 bits per heavy atom. The average Bonchev–Trinajstić information content (AvgIpc) is 3.23. The minimum absolute atomic E-state index is 0.0641. The Bertz CT molecular complexity index is 918. The van der Waals surface area contributed by atoms with Crippen LogP contribution in [0.2, 0.25) is 0 Å². The molecule has 0 amide bonds. The van der Waals surface area contributed by atoms with Crippen molar-refractivity contribution in [2.45, 2.75) is 304 Å². The second kappa shape index (κ2) is 46.9. The van der Waals surface area contributed by atoms with Crippen LogP contribution in [0, 0.1) is 11.8 Å². The highest BCUT2D eigenvalue weighted by Gasteiger charge is 2.19. The third-order valence-corrected chi connectivity index (χ3v) is 12.6. The van der Waals surface area contributed by atoms with E-state index >= 15 is 0 Å². The minimum atomic E-state index is -0.761. The second-order valence-electron chi connectivity index (χ2n) is 19.2. The molecule has 0 aromatic carbocycles. The molecule has 6 nitrogen and oxygen atoms in total. The summed E-state index contributed by atoms with van der Waals surface area (Å²) in [6.07, 6.45) is 48.1. The van der Waals surface area contributed by atoms with Gasteiger partial charge in [0.25, 0.3) is 0 Å². The van der Waals surface area contributed by atoms with E-state index in [0.717, 1.165) is 69.6 Å². The number of hydrogen-bond donors (Lipinski definition) is 0. The molecule has 0 aliphatic carbocycles. The van der Waals surface area contributed by atoms with Gasteiger partial charge in [-0.1, -0.05) is 259 Å². The summed E-state index contributed by atoms with van der Waals surface area (Å²) < 4.78 is 16.8. The summed E-state index contributed by atoms with van der Waals surface area (Å²) in [5.41, 5.74) is 0. The van der Waals surface area contributed by atoms with Gasteiger partial charge in [-0.05, 0) is 31.1 Å². The monoisotopic (exact) mass is 849 g/mol. The lowest BCUT2D eigenvalue weighted by molar-refractivity contribution is -0.167.